The number of thiophene rings is 1. The third-order valence-electron chi connectivity index (χ3n) is 5.34. The molecule has 1 heterocycles. The molecule has 0 bridgehead atoms. The number of sulfonamides is 1. The van der Waals surface area contributed by atoms with Crippen LogP contribution in [0, 0.1) is 5.82 Å². The molecule has 0 unspecified atom stereocenters. The van der Waals surface area contributed by atoms with Gasteiger partial charge >= 0.3 is 0 Å². The van der Waals surface area contributed by atoms with E-state index in [1.54, 1.807) is 12.1 Å². The quantitative estimate of drug-likeness (QED) is 0.555. The molecule has 1 amide bonds. The Kier molecular flexibility index (Phi) is 5.73. The summed E-state index contributed by atoms with van der Waals surface area (Å²) in [5.41, 5.74) is 1.27. The molecule has 5 nitrogen and oxygen atoms in total. The molecule has 1 fully saturated rings. The first-order valence-electron chi connectivity index (χ1n) is 9.54. The minimum Gasteiger partial charge on any atom is -0.351 e. The predicted molar refractivity (Wildman–Crippen MR) is 114 cm³/mol. The van der Waals surface area contributed by atoms with E-state index in [9.17, 15) is 17.6 Å². The van der Waals surface area contributed by atoms with Crippen LogP contribution < -0.4 is 10.0 Å². The Hall–Kier alpha value is -2.55. The fraction of sp³-hybridized carbons (Fsp3) is 0.227. The number of nitrogens with one attached hydrogen (secondary N) is 2. The number of carbonyl (C=O) groups excluding carboxylic acids is 1. The molecule has 3 aromatic rings. The predicted octanol–water partition coefficient (Wildman–Crippen LogP) is 3.83. The molecule has 156 valence electrons. The van der Waals surface area contributed by atoms with Crippen LogP contribution in [0.2, 0.25) is 0 Å². The summed E-state index contributed by atoms with van der Waals surface area (Å²) in [5, 5.41) is 4.81. The van der Waals surface area contributed by atoms with E-state index in [-0.39, 0.29) is 28.6 Å². The van der Waals surface area contributed by atoms with Crippen LogP contribution in [0.5, 0.6) is 0 Å². The maximum absolute atomic E-state index is 13.2. The lowest BCUT2D eigenvalue weighted by Crippen LogP contribution is -2.32. The topological polar surface area (TPSA) is 75.3 Å². The van der Waals surface area contributed by atoms with Gasteiger partial charge in [0.05, 0.1) is 4.90 Å². The minimum absolute atomic E-state index is 0.112. The highest BCUT2D eigenvalue weighted by Gasteiger charge is 2.44. The number of benzene rings is 2. The van der Waals surface area contributed by atoms with E-state index in [4.69, 9.17) is 0 Å². The summed E-state index contributed by atoms with van der Waals surface area (Å²) >= 11 is 1.48. The van der Waals surface area contributed by atoms with Crippen molar-refractivity contribution >= 4 is 27.3 Å². The average Bonchev–Trinajstić information content (AvgIpc) is 3.35. The molecule has 8 heteroatoms. The number of hydrogen-bond acceptors (Lipinski definition) is 4. The summed E-state index contributed by atoms with van der Waals surface area (Å²) in [6, 6.07) is 16.0. The fourth-order valence-electron chi connectivity index (χ4n) is 3.32. The molecule has 2 N–H and O–H groups in total. The molecule has 0 radical (unpaired) electrons. The average molecular weight is 445 g/mol. The van der Waals surface area contributed by atoms with Gasteiger partial charge in [0, 0.05) is 28.9 Å². The number of hydrogen-bond donors (Lipinski definition) is 2. The number of halogens is 1. The largest absolute Gasteiger partial charge is 0.351 e. The molecule has 1 saturated carbocycles. The van der Waals surface area contributed by atoms with E-state index in [1.165, 1.54) is 47.7 Å². The van der Waals surface area contributed by atoms with Crippen LogP contribution in [0.25, 0.3) is 0 Å². The standard InChI is InChI=1S/C22H21FN2O3S2/c23-18-7-5-17(6-8-18)22(11-12-22)15-24-21(26)16-3-9-20(10-4-16)30(27,28)25-14-19-2-1-13-29-19/h1-10,13,25H,11-12,14-15H2,(H,24,26). The van der Waals surface area contributed by atoms with E-state index < -0.39 is 10.0 Å². The van der Waals surface area contributed by atoms with Gasteiger partial charge in [0.25, 0.3) is 5.91 Å². The second-order valence-corrected chi connectivity index (χ2v) is 10.2. The highest BCUT2D eigenvalue weighted by atomic mass is 32.2. The van der Waals surface area contributed by atoms with Gasteiger partial charge in [-0.25, -0.2) is 17.5 Å². The van der Waals surface area contributed by atoms with E-state index in [2.05, 4.69) is 10.0 Å². The van der Waals surface area contributed by atoms with Crippen molar-refractivity contribution in [1.29, 1.82) is 0 Å². The Labute approximate surface area is 179 Å². The molecule has 4 rings (SSSR count). The molecule has 0 atom stereocenters. The number of rotatable bonds is 8. The van der Waals surface area contributed by atoms with Gasteiger partial charge in [0.2, 0.25) is 10.0 Å². The molecule has 30 heavy (non-hydrogen) atoms. The molecule has 1 aliphatic rings. The van der Waals surface area contributed by atoms with Gasteiger partial charge in [-0.1, -0.05) is 18.2 Å². The first-order valence-corrected chi connectivity index (χ1v) is 11.9. The summed E-state index contributed by atoms with van der Waals surface area (Å²) in [5.74, 6) is -0.544. The smallest absolute Gasteiger partial charge is 0.251 e. The van der Waals surface area contributed by atoms with Gasteiger partial charge in [0.15, 0.2) is 0 Å². The van der Waals surface area contributed by atoms with Crippen molar-refractivity contribution in [2.45, 2.75) is 29.7 Å². The van der Waals surface area contributed by atoms with E-state index in [0.717, 1.165) is 23.3 Å². The molecule has 1 aromatic heterocycles. The molecule has 2 aromatic carbocycles. The van der Waals surface area contributed by atoms with Crippen molar-refractivity contribution < 1.29 is 17.6 Å². The highest BCUT2D eigenvalue weighted by Crippen LogP contribution is 2.47. The van der Waals surface area contributed by atoms with E-state index in [1.807, 2.05) is 17.5 Å². The van der Waals surface area contributed by atoms with Crippen molar-refractivity contribution in [3.63, 3.8) is 0 Å². The second kappa shape index (κ2) is 8.29. The van der Waals surface area contributed by atoms with Crippen LogP contribution in [-0.2, 0) is 22.0 Å². The van der Waals surface area contributed by atoms with Gasteiger partial charge in [-0.3, -0.25) is 4.79 Å². The van der Waals surface area contributed by atoms with Crippen molar-refractivity contribution in [2.75, 3.05) is 6.54 Å². The van der Waals surface area contributed by atoms with Gasteiger partial charge < -0.3 is 5.32 Å². The Morgan fingerprint density at radius 2 is 1.73 bits per heavy atom. The third-order valence-corrected chi connectivity index (χ3v) is 7.63. The van der Waals surface area contributed by atoms with Gasteiger partial charge in [-0.15, -0.1) is 11.3 Å². The monoisotopic (exact) mass is 444 g/mol. The summed E-state index contributed by atoms with van der Waals surface area (Å²) in [4.78, 5) is 13.5. The second-order valence-electron chi connectivity index (χ2n) is 7.40. The van der Waals surface area contributed by atoms with Crippen LogP contribution in [0.4, 0.5) is 4.39 Å². The van der Waals surface area contributed by atoms with Crippen molar-refractivity contribution in [3.05, 3.63) is 87.9 Å². The maximum Gasteiger partial charge on any atom is 0.251 e. The number of amides is 1. The van der Waals surface area contributed by atoms with Crippen LogP contribution in [0.15, 0.2) is 70.9 Å². The maximum atomic E-state index is 13.2. The van der Waals surface area contributed by atoms with Crippen molar-refractivity contribution in [3.8, 4) is 0 Å². The first-order chi connectivity index (χ1) is 14.4. The summed E-state index contributed by atoms with van der Waals surface area (Å²) < 4.78 is 40.5. The Morgan fingerprint density at radius 3 is 2.33 bits per heavy atom. The molecule has 0 aliphatic heterocycles. The van der Waals surface area contributed by atoms with E-state index >= 15 is 0 Å². The molecule has 1 aliphatic carbocycles. The Balaban J connectivity index is 1.36. The first kappa shape index (κ1) is 20.7. The van der Waals surface area contributed by atoms with Crippen molar-refractivity contribution in [1.82, 2.24) is 10.0 Å². The zero-order valence-corrected chi connectivity index (χ0v) is 17.7. The third kappa shape index (κ3) is 4.61. The fourth-order valence-corrected chi connectivity index (χ4v) is 5.06. The zero-order chi connectivity index (χ0) is 21.2. The van der Waals surface area contributed by atoms with Gasteiger partial charge in [-0.05, 0) is 66.2 Å². The minimum atomic E-state index is -3.65. The van der Waals surface area contributed by atoms with Crippen LogP contribution in [0.1, 0.15) is 33.6 Å². The van der Waals surface area contributed by atoms with E-state index in [0.29, 0.717) is 12.1 Å². The SMILES string of the molecule is O=C(NCC1(c2ccc(F)cc2)CC1)c1ccc(S(=O)(=O)NCc2cccs2)cc1. The Bertz CT molecular complexity index is 1120. The van der Waals surface area contributed by atoms with Gasteiger partial charge in [-0.2, -0.15) is 0 Å². The molecular formula is C22H21FN2O3S2. The van der Waals surface area contributed by atoms with Crippen LogP contribution in [0.3, 0.4) is 0 Å². The lowest BCUT2D eigenvalue weighted by molar-refractivity contribution is 0.0949. The lowest BCUT2D eigenvalue weighted by atomic mass is 9.96. The summed E-state index contributed by atoms with van der Waals surface area (Å²) in [6.07, 6.45) is 1.87. The van der Waals surface area contributed by atoms with Crippen LogP contribution >= 0.6 is 11.3 Å². The van der Waals surface area contributed by atoms with Crippen LogP contribution in [-0.4, -0.2) is 20.9 Å². The highest BCUT2D eigenvalue weighted by molar-refractivity contribution is 7.89. The molecular weight excluding hydrogens is 423 g/mol. The molecule has 0 spiro atoms. The van der Waals surface area contributed by atoms with Gasteiger partial charge in [0.1, 0.15) is 5.82 Å². The van der Waals surface area contributed by atoms with Crippen molar-refractivity contribution in [2.24, 2.45) is 0 Å². The zero-order valence-electron chi connectivity index (χ0n) is 16.1. The summed E-state index contributed by atoms with van der Waals surface area (Å²) in [6.45, 7) is 0.688. The molecule has 0 saturated heterocycles. The normalized spacial score (nSPS) is 15.0. The Morgan fingerprint density at radius 1 is 1.03 bits per heavy atom. The number of carbonyl (C=O) groups is 1. The summed E-state index contributed by atoms with van der Waals surface area (Å²) in [7, 11) is -3.65. The lowest BCUT2D eigenvalue weighted by Gasteiger charge is -2.17.